The van der Waals surface area contributed by atoms with E-state index in [0.29, 0.717) is 16.8 Å². The molecule has 0 fully saturated rings. The van der Waals surface area contributed by atoms with E-state index in [-0.39, 0.29) is 11.1 Å². The molecule has 0 saturated heterocycles. The Labute approximate surface area is 160 Å². The molecule has 1 aliphatic rings. The second-order valence-electron chi connectivity index (χ2n) is 6.17. The normalized spacial score (nSPS) is 12.4. The van der Waals surface area contributed by atoms with Crippen LogP contribution in [-0.2, 0) is 0 Å². The fraction of sp³-hybridized carbons (Fsp3) is 0. The van der Waals surface area contributed by atoms with Crippen LogP contribution in [0, 0.1) is 11.8 Å². The highest BCUT2D eigenvalue weighted by Crippen LogP contribution is 2.29. The summed E-state index contributed by atoms with van der Waals surface area (Å²) in [6.07, 6.45) is 0. The van der Waals surface area contributed by atoms with Crippen LogP contribution in [-0.4, -0.2) is 22.9 Å². The van der Waals surface area contributed by atoms with Crippen LogP contribution in [0.2, 0.25) is 0 Å². The number of carbonyl (C=O) groups excluding carboxylic acids is 2. The first-order chi connectivity index (χ1) is 13.5. The van der Waals surface area contributed by atoms with Crippen molar-refractivity contribution in [3.63, 3.8) is 0 Å². The van der Waals surface area contributed by atoms with E-state index in [1.807, 2.05) is 30.3 Å². The molecule has 0 spiro atoms. The lowest BCUT2D eigenvalue weighted by molar-refractivity contribution is 0.0696. The maximum absolute atomic E-state index is 12.8. The summed E-state index contributed by atoms with van der Waals surface area (Å²) in [5, 5.41) is 8.99. The monoisotopic (exact) mass is 367 g/mol. The standard InChI is InChI=1S/C23H13NO4/c25-21-19-13-8-16(7-6-15-4-2-1-3-5-15)14-20(19)22(26)24(21)18-11-9-17(10-12-18)23(27)28/h1-5,8-14H,(H,27,28). The zero-order valence-electron chi connectivity index (χ0n) is 14.5. The van der Waals surface area contributed by atoms with Gasteiger partial charge < -0.3 is 5.11 Å². The zero-order valence-corrected chi connectivity index (χ0v) is 14.5. The second kappa shape index (κ2) is 6.86. The first kappa shape index (κ1) is 17.3. The molecule has 134 valence electrons. The van der Waals surface area contributed by atoms with Crippen molar-refractivity contribution in [1.29, 1.82) is 0 Å². The molecule has 5 heteroatoms. The molecular weight excluding hydrogens is 354 g/mol. The van der Waals surface area contributed by atoms with Crippen molar-refractivity contribution >= 4 is 23.5 Å². The van der Waals surface area contributed by atoms with Gasteiger partial charge in [-0.05, 0) is 54.6 Å². The van der Waals surface area contributed by atoms with Gasteiger partial charge >= 0.3 is 5.97 Å². The highest BCUT2D eigenvalue weighted by atomic mass is 16.4. The van der Waals surface area contributed by atoms with Gasteiger partial charge in [-0.3, -0.25) is 9.59 Å². The van der Waals surface area contributed by atoms with E-state index in [9.17, 15) is 14.4 Å². The molecule has 0 aliphatic carbocycles. The lowest BCUT2D eigenvalue weighted by Gasteiger charge is -2.13. The van der Waals surface area contributed by atoms with Crippen LogP contribution in [0.4, 0.5) is 5.69 Å². The maximum Gasteiger partial charge on any atom is 0.335 e. The lowest BCUT2D eigenvalue weighted by atomic mass is 10.1. The van der Waals surface area contributed by atoms with Gasteiger partial charge in [0.1, 0.15) is 0 Å². The Morgan fingerprint density at radius 1 is 0.750 bits per heavy atom. The topological polar surface area (TPSA) is 74.7 Å². The SMILES string of the molecule is O=C(O)c1ccc(N2C(=O)c3ccc(C#Cc4ccccc4)cc3C2=O)cc1. The van der Waals surface area contributed by atoms with Crippen LogP contribution in [0.3, 0.4) is 0 Å². The molecule has 1 aliphatic heterocycles. The number of carboxylic acid groups (broad SMARTS) is 1. The first-order valence-corrected chi connectivity index (χ1v) is 8.48. The Balaban J connectivity index is 1.66. The van der Waals surface area contributed by atoms with Crippen molar-refractivity contribution in [3.8, 4) is 11.8 Å². The highest BCUT2D eigenvalue weighted by molar-refractivity contribution is 6.34. The van der Waals surface area contributed by atoms with E-state index in [1.54, 1.807) is 18.2 Å². The van der Waals surface area contributed by atoms with Gasteiger partial charge in [-0.25, -0.2) is 9.69 Å². The van der Waals surface area contributed by atoms with Gasteiger partial charge in [-0.15, -0.1) is 0 Å². The van der Waals surface area contributed by atoms with Gasteiger partial charge in [0.15, 0.2) is 0 Å². The number of rotatable bonds is 2. The minimum Gasteiger partial charge on any atom is -0.478 e. The number of amides is 2. The minimum absolute atomic E-state index is 0.0823. The third-order valence-corrected chi connectivity index (χ3v) is 4.38. The van der Waals surface area contributed by atoms with Crippen LogP contribution in [0.5, 0.6) is 0 Å². The Morgan fingerprint density at radius 2 is 1.39 bits per heavy atom. The first-order valence-electron chi connectivity index (χ1n) is 8.48. The summed E-state index contributed by atoms with van der Waals surface area (Å²) < 4.78 is 0. The van der Waals surface area contributed by atoms with Crippen molar-refractivity contribution in [1.82, 2.24) is 0 Å². The Bertz CT molecular complexity index is 1170. The van der Waals surface area contributed by atoms with E-state index < -0.39 is 17.8 Å². The van der Waals surface area contributed by atoms with Crippen molar-refractivity contribution in [2.24, 2.45) is 0 Å². The minimum atomic E-state index is -1.07. The summed E-state index contributed by atoms with van der Waals surface area (Å²) in [4.78, 5) is 37.5. The smallest absolute Gasteiger partial charge is 0.335 e. The van der Waals surface area contributed by atoms with Gasteiger partial charge in [-0.2, -0.15) is 0 Å². The van der Waals surface area contributed by atoms with E-state index in [0.717, 1.165) is 10.5 Å². The van der Waals surface area contributed by atoms with Crippen LogP contribution >= 0.6 is 0 Å². The highest BCUT2D eigenvalue weighted by Gasteiger charge is 2.36. The third kappa shape index (κ3) is 3.04. The fourth-order valence-corrected chi connectivity index (χ4v) is 2.97. The van der Waals surface area contributed by atoms with Gasteiger partial charge in [0.25, 0.3) is 11.8 Å². The number of benzene rings is 3. The van der Waals surface area contributed by atoms with E-state index in [2.05, 4.69) is 11.8 Å². The van der Waals surface area contributed by atoms with Gasteiger partial charge in [0, 0.05) is 11.1 Å². The molecule has 0 bridgehead atoms. The number of imide groups is 1. The number of hydrogen-bond donors (Lipinski definition) is 1. The second-order valence-corrected chi connectivity index (χ2v) is 6.17. The number of anilines is 1. The number of nitrogens with zero attached hydrogens (tertiary/aromatic N) is 1. The molecule has 28 heavy (non-hydrogen) atoms. The summed E-state index contributed by atoms with van der Waals surface area (Å²) in [5.41, 5.74) is 2.48. The number of fused-ring (bicyclic) bond motifs is 1. The quantitative estimate of drug-likeness (QED) is 0.555. The molecule has 2 amide bonds. The molecule has 3 aromatic rings. The van der Waals surface area contributed by atoms with Gasteiger partial charge in [0.05, 0.1) is 22.4 Å². The number of hydrogen-bond acceptors (Lipinski definition) is 3. The summed E-state index contributed by atoms with van der Waals surface area (Å²) in [6, 6.07) is 20.0. The number of carboxylic acids is 1. The molecule has 5 nitrogen and oxygen atoms in total. The van der Waals surface area contributed by atoms with E-state index >= 15 is 0 Å². The average molecular weight is 367 g/mol. The predicted octanol–water partition coefficient (Wildman–Crippen LogP) is 3.59. The van der Waals surface area contributed by atoms with Crippen molar-refractivity contribution in [3.05, 3.63) is 101 Å². The molecular formula is C23H13NO4. The molecule has 1 N–H and O–H groups in total. The largest absolute Gasteiger partial charge is 0.478 e. The summed E-state index contributed by atoms with van der Waals surface area (Å²) >= 11 is 0. The van der Waals surface area contributed by atoms with Gasteiger partial charge in [-0.1, -0.05) is 30.0 Å². The Hall–Kier alpha value is -4.17. The molecule has 4 rings (SSSR count). The summed E-state index contributed by atoms with van der Waals surface area (Å²) in [6.45, 7) is 0. The molecule has 0 atom stereocenters. The maximum atomic E-state index is 12.8. The van der Waals surface area contributed by atoms with Crippen LogP contribution in [0.15, 0.2) is 72.8 Å². The molecule has 0 unspecified atom stereocenters. The molecule has 3 aromatic carbocycles. The lowest BCUT2D eigenvalue weighted by Crippen LogP contribution is -2.29. The Kier molecular flexibility index (Phi) is 4.23. The fourth-order valence-electron chi connectivity index (χ4n) is 2.97. The molecule has 0 aromatic heterocycles. The van der Waals surface area contributed by atoms with Crippen LogP contribution < -0.4 is 4.90 Å². The van der Waals surface area contributed by atoms with Crippen LogP contribution in [0.1, 0.15) is 42.2 Å². The number of carbonyl (C=O) groups is 3. The van der Waals surface area contributed by atoms with Crippen molar-refractivity contribution in [2.75, 3.05) is 4.90 Å². The summed E-state index contributed by atoms with van der Waals surface area (Å²) in [7, 11) is 0. The van der Waals surface area contributed by atoms with Crippen molar-refractivity contribution in [2.45, 2.75) is 0 Å². The molecule has 0 radical (unpaired) electrons. The number of aromatic carboxylic acids is 1. The summed E-state index contributed by atoms with van der Waals surface area (Å²) in [5.74, 6) is 4.06. The molecule has 0 saturated carbocycles. The zero-order chi connectivity index (χ0) is 19.7. The van der Waals surface area contributed by atoms with Gasteiger partial charge in [0.2, 0.25) is 0 Å². The average Bonchev–Trinajstić information content (AvgIpc) is 2.97. The van der Waals surface area contributed by atoms with Crippen molar-refractivity contribution < 1.29 is 19.5 Å². The van der Waals surface area contributed by atoms with E-state index in [1.165, 1.54) is 24.3 Å². The Morgan fingerprint density at radius 3 is 2.07 bits per heavy atom. The third-order valence-electron chi connectivity index (χ3n) is 4.38. The van der Waals surface area contributed by atoms with E-state index in [4.69, 9.17) is 5.11 Å². The predicted molar refractivity (Wildman–Crippen MR) is 103 cm³/mol. The molecule has 1 heterocycles. The van der Waals surface area contributed by atoms with Crippen LogP contribution in [0.25, 0.3) is 0 Å².